The van der Waals surface area contributed by atoms with Crippen LogP contribution in [0.2, 0.25) is 0 Å². The molecule has 2 aromatic rings. The molecule has 40 heavy (non-hydrogen) atoms. The lowest BCUT2D eigenvalue weighted by Crippen LogP contribution is -2.47. The largest absolute Gasteiger partial charge is 0.493 e. The van der Waals surface area contributed by atoms with Crippen LogP contribution in [0, 0.1) is 0 Å². The summed E-state index contributed by atoms with van der Waals surface area (Å²) in [4.78, 5) is 13.7. The van der Waals surface area contributed by atoms with Crippen molar-refractivity contribution >= 4 is 28.1 Å². The van der Waals surface area contributed by atoms with E-state index in [4.69, 9.17) is 18.9 Å². The van der Waals surface area contributed by atoms with Gasteiger partial charge in [0.1, 0.15) is 0 Å². The van der Waals surface area contributed by atoms with Crippen molar-refractivity contribution in [3.8, 4) is 23.0 Å². The first-order chi connectivity index (χ1) is 19.3. The van der Waals surface area contributed by atoms with Crippen molar-refractivity contribution in [3.63, 3.8) is 0 Å². The third kappa shape index (κ3) is 7.04. The van der Waals surface area contributed by atoms with Gasteiger partial charge in [-0.3, -0.25) is 4.79 Å². The fourth-order valence-corrected chi connectivity index (χ4v) is 6.66. The smallest absolute Gasteiger partial charge is 0.279 e. The summed E-state index contributed by atoms with van der Waals surface area (Å²) in [7, 11) is 2.52. The maximum Gasteiger partial charge on any atom is 0.279 e. The minimum absolute atomic E-state index is 0.130. The molecule has 216 valence electrons. The van der Waals surface area contributed by atoms with Crippen LogP contribution in [0.1, 0.15) is 49.7 Å². The normalized spacial score (nSPS) is 20.8. The van der Waals surface area contributed by atoms with E-state index in [2.05, 4.69) is 4.72 Å². The first-order valence-corrected chi connectivity index (χ1v) is 14.9. The van der Waals surface area contributed by atoms with Crippen molar-refractivity contribution < 1.29 is 32.2 Å². The Kier molecular flexibility index (Phi) is 9.89. The van der Waals surface area contributed by atoms with Crippen molar-refractivity contribution in [3.05, 3.63) is 58.7 Å². The molecule has 2 fully saturated rings. The van der Waals surface area contributed by atoms with Crippen molar-refractivity contribution in [2.45, 2.75) is 44.6 Å². The number of methoxy groups -OCH3 is 4. The van der Waals surface area contributed by atoms with E-state index in [0.717, 1.165) is 36.8 Å². The van der Waals surface area contributed by atoms with E-state index in [1.807, 2.05) is 12.1 Å². The quantitative estimate of drug-likeness (QED) is 0.439. The lowest BCUT2D eigenvalue weighted by Gasteiger charge is -2.29. The van der Waals surface area contributed by atoms with Gasteiger partial charge in [-0.15, -0.1) is 0 Å². The standard InChI is InChI=1S/C30H38N2O7S/c1-36-26-11-9-21(17-28(26)38-3)15-23-19-25(31-40(34,35)32-13-7-5-6-8-14-32)20-24(30(23)33)16-22-10-12-27(37-2)29(18-22)39-4/h9-12,15-18,25,31H,5-8,13-14,19-20H2,1-4H3/b23-15+,24-16+. The second-order valence-corrected chi connectivity index (χ2v) is 11.6. The van der Waals surface area contributed by atoms with E-state index in [0.29, 0.717) is 47.2 Å². The minimum atomic E-state index is -3.71. The van der Waals surface area contributed by atoms with Gasteiger partial charge in [0.25, 0.3) is 10.2 Å². The fourth-order valence-electron chi connectivity index (χ4n) is 5.18. The van der Waals surface area contributed by atoms with Gasteiger partial charge >= 0.3 is 0 Å². The van der Waals surface area contributed by atoms with E-state index < -0.39 is 16.3 Å². The van der Waals surface area contributed by atoms with Gasteiger partial charge in [-0.05, 0) is 73.2 Å². The molecule has 0 bridgehead atoms. The zero-order chi connectivity index (χ0) is 28.7. The molecule has 2 aliphatic rings. The Labute approximate surface area is 236 Å². The molecule has 9 nitrogen and oxygen atoms in total. The van der Waals surface area contributed by atoms with Gasteiger partial charge in [0.15, 0.2) is 28.8 Å². The molecule has 1 aliphatic heterocycles. The van der Waals surface area contributed by atoms with Crippen LogP contribution in [0.4, 0.5) is 0 Å². The van der Waals surface area contributed by atoms with E-state index in [-0.39, 0.29) is 18.6 Å². The molecule has 1 aliphatic carbocycles. The van der Waals surface area contributed by atoms with Gasteiger partial charge in [-0.25, -0.2) is 0 Å². The number of ketones is 1. The molecule has 1 saturated carbocycles. The highest BCUT2D eigenvalue weighted by Crippen LogP contribution is 2.34. The highest BCUT2D eigenvalue weighted by molar-refractivity contribution is 7.87. The average Bonchev–Trinajstić information content (AvgIpc) is 3.25. The molecule has 0 aromatic heterocycles. The molecule has 0 unspecified atom stereocenters. The van der Waals surface area contributed by atoms with E-state index in [1.165, 1.54) is 4.31 Å². The molecule has 1 saturated heterocycles. The Balaban J connectivity index is 1.70. The number of nitrogens with zero attached hydrogens (tertiary/aromatic N) is 1. The summed E-state index contributed by atoms with van der Waals surface area (Å²) in [5.41, 5.74) is 2.52. The Bertz CT molecular complexity index is 1300. The number of nitrogens with one attached hydrogen (secondary N) is 1. The Morgan fingerprint density at radius 3 is 1.60 bits per heavy atom. The molecule has 1 heterocycles. The van der Waals surface area contributed by atoms with Crippen molar-refractivity contribution in [2.24, 2.45) is 0 Å². The van der Waals surface area contributed by atoms with Gasteiger partial charge in [-0.1, -0.05) is 25.0 Å². The van der Waals surface area contributed by atoms with Gasteiger partial charge in [-0.2, -0.15) is 17.4 Å². The molecular weight excluding hydrogens is 532 g/mol. The molecule has 2 aromatic carbocycles. The zero-order valence-corrected chi connectivity index (χ0v) is 24.4. The minimum Gasteiger partial charge on any atom is -0.493 e. The van der Waals surface area contributed by atoms with E-state index >= 15 is 0 Å². The number of carbonyl (C=O) groups excluding carboxylic acids is 1. The summed E-state index contributed by atoms with van der Waals surface area (Å²) in [6.45, 7) is 1.01. The SMILES string of the molecule is COc1ccc(/C=C2\CC(NS(=O)(=O)N3CCCCCC3)C/C(=C\c3ccc(OC)c(OC)c3)C2=O)cc1OC. The van der Waals surface area contributed by atoms with Crippen molar-refractivity contribution in [1.82, 2.24) is 9.03 Å². The van der Waals surface area contributed by atoms with Crippen LogP contribution in [0.25, 0.3) is 12.2 Å². The Morgan fingerprint density at radius 2 is 1.18 bits per heavy atom. The molecule has 4 rings (SSSR count). The fraction of sp³-hybridized carbons (Fsp3) is 0.433. The molecular formula is C30H38N2O7S. The van der Waals surface area contributed by atoms with E-state index in [1.54, 1.807) is 64.9 Å². The second kappa shape index (κ2) is 13.3. The Hall–Kier alpha value is -3.34. The van der Waals surface area contributed by atoms with Crippen molar-refractivity contribution in [1.29, 1.82) is 0 Å². The number of hydrogen-bond acceptors (Lipinski definition) is 7. The first kappa shape index (κ1) is 29.6. The number of hydrogen-bond donors (Lipinski definition) is 1. The van der Waals surface area contributed by atoms with Gasteiger partial charge in [0.2, 0.25) is 0 Å². The third-order valence-corrected chi connectivity index (χ3v) is 8.91. The van der Waals surface area contributed by atoms with E-state index in [9.17, 15) is 13.2 Å². The number of carbonyl (C=O) groups is 1. The van der Waals surface area contributed by atoms with Crippen LogP contribution in [-0.4, -0.2) is 66.1 Å². The van der Waals surface area contributed by atoms with Crippen LogP contribution in [-0.2, 0) is 15.0 Å². The number of benzene rings is 2. The summed E-state index contributed by atoms with van der Waals surface area (Å²) in [5.74, 6) is 2.11. The molecule has 1 N–H and O–H groups in total. The predicted molar refractivity (Wildman–Crippen MR) is 155 cm³/mol. The molecule has 0 spiro atoms. The molecule has 0 amide bonds. The molecule has 10 heteroatoms. The van der Waals surface area contributed by atoms with Gasteiger partial charge < -0.3 is 18.9 Å². The maximum atomic E-state index is 13.7. The maximum absolute atomic E-state index is 13.7. The van der Waals surface area contributed by atoms with Crippen LogP contribution in [0.3, 0.4) is 0 Å². The zero-order valence-electron chi connectivity index (χ0n) is 23.6. The van der Waals surface area contributed by atoms with Gasteiger partial charge in [0, 0.05) is 30.3 Å². The lowest BCUT2D eigenvalue weighted by atomic mass is 9.84. The Morgan fingerprint density at radius 1 is 0.725 bits per heavy atom. The molecule has 0 radical (unpaired) electrons. The lowest BCUT2D eigenvalue weighted by molar-refractivity contribution is -0.113. The topological polar surface area (TPSA) is 103 Å². The summed E-state index contributed by atoms with van der Waals surface area (Å²) in [6.07, 6.45) is 7.87. The highest BCUT2D eigenvalue weighted by Gasteiger charge is 2.33. The predicted octanol–water partition coefficient (Wildman–Crippen LogP) is 4.63. The number of Topliss-reactive ketones (excluding diaryl/α,β-unsaturated/α-hetero) is 1. The molecule has 0 atom stereocenters. The first-order valence-electron chi connectivity index (χ1n) is 13.4. The average molecular weight is 571 g/mol. The van der Waals surface area contributed by atoms with Crippen LogP contribution >= 0.6 is 0 Å². The monoisotopic (exact) mass is 570 g/mol. The highest BCUT2D eigenvalue weighted by atomic mass is 32.2. The second-order valence-electron chi connectivity index (χ2n) is 9.94. The third-order valence-electron chi connectivity index (χ3n) is 7.23. The number of rotatable bonds is 9. The summed E-state index contributed by atoms with van der Waals surface area (Å²) in [6, 6.07) is 10.3. The van der Waals surface area contributed by atoms with Crippen LogP contribution < -0.4 is 23.7 Å². The van der Waals surface area contributed by atoms with Crippen LogP contribution in [0.5, 0.6) is 23.0 Å². The van der Waals surface area contributed by atoms with Crippen LogP contribution in [0.15, 0.2) is 47.5 Å². The van der Waals surface area contributed by atoms with Crippen molar-refractivity contribution in [2.75, 3.05) is 41.5 Å². The van der Waals surface area contributed by atoms with Gasteiger partial charge in [0.05, 0.1) is 28.4 Å². The summed E-state index contributed by atoms with van der Waals surface area (Å²) < 4.78 is 52.7. The summed E-state index contributed by atoms with van der Waals surface area (Å²) >= 11 is 0. The number of ether oxygens (including phenoxy) is 4. The summed E-state index contributed by atoms with van der Waals surface area (Å²) in [5, 5.41) is 0.